The molecular formula is C95H149F8N27. The normalized spacial score (nSPS) is 23.0. The van der Waals surface area contributed by atoms with Gasteiger partial charge in [0.2, 0.25) is 0 Å². The van der Waals surface area contributed by atoms with E-state index in [-0.39, 0.29) is 22.8 Å². The molecule has 9 aliphatic carbocycles. The minimum Gasteiger partial charge on any atom is -0.252 e. The van der Waals surface area contributed by atoms with Crippen molar-refractivity contribution in [2.75, 3.05) is 0 Å². The highest BCUT2D eigenvalue weighted by Crippen LogP contribution is 2.46. The molecule has 9 aliphatic rings. The zero-order valence-corrected chi connectivity index (χ0v) is 81.3. The molecule has 8 atom stereocenters. The molecule has 35 heteroatoms. The predicted molar refractivity (Wildman–Crippen MR) is 486 cm³/mol. The highest BCUT2D eigenvalue weighted by molar-refractivity contribution is 5.32. The molecule has 0 spiro atoms. The maximum absolute atomic E-state index is 14.0. The van der Waals surface area contributed by atoms with E-state index in [4.69, 9.17) is 0 Å². The van der Waals surface area contributed by atoms with Crippen molar-refractivity contribution in [2.24, 2.45) is 87.1 Å². The fraction of sp³-hybridized carbons (Fsp3) is 0.747. The summed E-state index contributed by atoms with van der Waals surface area (Å²) in [5.41, 5.74) is 17.7. The van der Waals surface area contributed by atoms with E-state index in [1.165, 1.54) is 204 Å². The summed E-state index contributed by atoms with van der Waals surface area (Å²) in [5.74, 6) is -11.3. The van der Waals surface area contributed by atoms with Gasteiger partial charge in [-0.05, 0) is 203 Å². The second kappa shape index (κ2) is 48.0. The Morgan fingerprint density at radius 3 is 0.908 bits per heavy atom. The number of nitrogens with zero attached hydrogens (tertiary/aromatic N) is 27. The molecule has 0 saturated carbocycles. The minimum atomic E-state index is -2.83. The van der Waals surface area contributed by atoms with Crippen LogP contribution >= 0.6 is 0 Å². The number of aryl methyl sites for hydroxylation is 16. The van der Waals surface area contributed by atoms with Crippen LogP contribution in [-0.2, 0) is 164 Å². The second-order valence-electron chi connectivity index (χ2n) is 37.7. The summed E-state index contributed by atoms with van der Waals surface area (Å²) in [4.78, 5) is 0. The van der Waals surface area contributed by atoms with Gasteiger partial charge in [-0.25, -0.2) is 9.36 Å². The lowest BCUT2D eigenvalue weighted by atomic mass is 9.89. The van der Waals surface area contributed by atoms with Crippen molar-refractivity contribution < 1.29 is 35.1 Å². The average Bonchev–Trinajstić information content (AvgIpc) is 1.62. The molecule has 9 heterocycles. The summed E-state index contributed by atoms with van der Waals surface area (Å²) in [5, 5.41) is 71.4. The number of alkyl halides is 8. The third kappa shape index (κ3) is 25.9. The monoisotopic (exact) mass is 1820 g/mol. The van der Waals surface area contributed by atoms with E-state index in [2.05, 4.69) is 145 Å². The number of hydrogen-bond donors (Lipinski definition) is 0. The molecule has 27 nitrogen and oxygen atoms in total. The summed E-state index contributed by atoms with van der Waals surface area (Å²) in [6.07, 6.45) is 41.7. The van der Waals surface area contributed by atoms with Crippen molar-refractivity contribution in [1.29, 1.82) is 0 Å². The van der Waals surface area contributed by atoms with E-state index in [1.54, 1.807) is 41.8 Å². The molecular weight excluding hydrogens is 1670 g/mol. The van der Waals surface area contributed by atoms with Gasteiger partial charge in [0.1, 0.15) is 11.4 Å². The molecule has 19 rings (SSSR count). The fourth-order valence-corrected chi connectivity index (χ4v) is 19.6. The van der Waals surface area contributed by atoms with Crippen LogP contribution in [0, 0.1) is 23.7 Å². The molecule has 0 saturated heterocycles. The Balaban J connectivity index is 0.000000152. The molecule has 0 bridgehead atoms. The first kappa shape index (κ1) is 103. The van der Waals surface area contributed by atoms with E-state index >= 15 is 0 Å². The van der Waals surface area contributed by atoms with Crippen molar-refractivity contribution in [3.8, 4) is 0 Å². The maximum atomic E-state index is 14.0. The Morgan fingerprint density at radius 1 is 0.238 bits per heavy atom. The van der Waals surface area contributed by atoms with Gasteiger partial charge >= 0.3 is 0 Å². The van der Waals surface area contributed by atoms with Crippen LogP contribution < -0.4 is 0 Å². The second-order valence-corrected chi connectivity index (χ2v) is 37.7. The third-order valence-electron chi connectivity index (χ3n) is 27.9. The standard InChI is InChI=1S/C13H15N3.4C10H15F2N3.4C10H17N3.C2H6/c1-16-13-9-7-11-5-3-2-4-10(11)6-8-12(13)14-15-16;2*1-7-5-3-4-6-8-9(10(7,11)12)13-14-15(8)2;2*1-7-5-3-4-6-8-9(10(7,11)12)15(2)14-13-8;2*1-8-6-4-3-5-7-9-10(8)11-12-13(9)2;2*1-8-6-4-3-5-7-9-10(8)13(2)12-11-9;1-2/h2-5H,6-9H2,1H3;4*7H,3-6H2,1-2H3;4*8H,3-7H2,1-2H3;1-2H3. The van der Waals surface area contributed by atoms with Crippen LogP contribution in [0.2, 0.25) is 0 Å². The molecule has 8 unspecified atom stereocenters. The number of benzene rings is 1. The molecule has 9 aromatic heterocycles. The number of hydrogen-bond acceptors (Lipinski definition) is 18. The van der Waals surface area contributed by atoms with Gasteiger partial charge in [0.25, 0.3) is 23.7 Å². The first-order valence-electron chi connectivity index (χ1n) is 48.7. The smallest absolute Gasteiger partial charge is 0.252 e. The zero-order chi connectivity index (χ0) is 94.2. The Labute approximate surface area is 764 Å². The Kier molecular flexibility index (Phi) is 38.1. The molecule has 720 valence electrons. The van der Waals surface area contributed by atoms with Crippen molar-refractivity contribution >= 4 is 0 Å². The molecule has 130 heavy (non-hydrogen) atoms. The van der Waals surface area contributed by atoms with Gasteiger partial charge in [0.05, 0.1) is 79.7 Å². The number of halogens is 8. The molecule has 0 radical (unpaired) electrons. The average molecular weight is 1820 g/mol. The van der Waals surface area contributed by atoms with Gasteiger partial charge < -0.3 is 0 Å². The lowest BCUT2D eigenvalue weighted by Crippen LogP contribution is -2.29. The van der Waals surface area contributed by atoms with Gasteiger partial charge in [-0.15, -0.1) is 45.9 Å². The fourth-order valence-electron chi connectivity index (χ4n) is 19.6. The number of aromatic nitrogens is 27. The van der Waals surface area contributed by atoms with Gasteiger partial charge in [-0.3, -0.25) is 32.8 Å². The molecule has 0 amide bonds. The van der Waals surface area contributed by atoms with E-state index in [0.717, 1.165) is 103 Å². The third-order valence-corrected chi connectivity index (χ3v) is 27.9. The Bertz CT molecular complexity index is 4810. The van der Waals surface area contributed by atoms with Gasteiger partial charge in [-0.1, -0.05) is 217 Å². The van der Waals surface area contributed by atoms with Gasteiger partial charge in [0.15, 0.2) is 11.4 Å². The van der Waals surface area contributed by atoms with E-state index in [0.29, 0.717) is 97.8 Å². The molecule has 0 N–H and O–H groups in total. The van der Waals surface area contributed by atoms with Crippen LogP contribution in [0.1, 0.15) is 386 Å². The van der Waals surface area contributed by atoms with Crippen molar-refractivity contribution in [1.82, 2.24) is 135 Å². The van der Waals surface area contributed by atoms with Gasteiger partial charge in [0, 0.05) is 98.9 Å². The zero-order valence-electron chi connectivity index (χ0n) is 81.3. The first-order chi connectivity index (χ1) is 62.1. The Hall–Kier alpha value is -9.08. The van der Waals surface area contributed by atoms with Crippen LogP contribution in [0.3, 0.4) is 0 Å². The minimum absolute atomic E-state index is 0.00898. The van der Waals surface area contributed by atoms with Crippen LogP contribution in [-0.4, -0.2) is 135 Å². The Morgan fingerprint density at radius 2 is 0.508 bits per heavy atom. The highest BCUT2D eigenvalue weighted by atomic mass is 19.3. The molecule has 0 fully saturated rings. The van der Waals surface area contributed by atoms with Crippen molar-refractivity contribution in [2.45, 2.75) is 373 Å². The van der Waals surface area contributed by atoms with Crippen molar-refractivity contribution in [3.05, 3.63) is 138 Å². The van der Waals surface area contributed by atoms with Crippen LogP contribution in [0.25, 0.3) is 0 Å². The SMILES string of the molecule is CC.CC1CCCCCc2c1nnn2C.CC1CCCCCc2c1nnn2C.CC1CCCCCc2nnn(C)c21.CC1CCCCCc2nnn(C)c21.CC1CCCCc2c(nnn2C)C1(F)F.CC1CCCCc2c(nnn2C)C1(F)F.CC1CCCCc2nnn(C)c2C1(F)F.CC1CCCCc2nnn(C)c2C1(F)F.Cn1nnc2c1CCc1ccccc1CC2. The quantitative estimate of drug-likeness (QED) is 0.128. The highest BCUT2D eigenvalue weighted by Gasteiger charge is 2.48. The molecule has 10 aromatic rings. The first-order valence-corrected chi connectivity index (χ1v) is 48.7. The summed E-state index contributed by atoms with van der Waals surface area (Å²) in [7, 11) is 16.4. The predicted octanol–water partition coefficient (Wildman–Crippen LogP) is 19.9. The van der Waals surface area contributed by atoms with Gasteiger partial charge in [-0.2, -0.15) is 35.1 Å². The number of rotatable bonds is 0. The summed E-state index contributed by atoms with van der Waals surface area (Å²) < 4.78 is 127. The molecule has 0 aliphatic heterocycles. The van der Waals surface area contributed by atoms with Crippen LogP contribution in [0.15, 0.2) is 24.3 Å². The maximum Gasteiger partial charge on any atom is 0.295 e. The lowest BCUT2D eigenvalue weighted by Gasteiger charge is -2.26. The summed E-state index contributed by atoms with van der Waals surface area (Å²) >= 11 is 0. The van der Waals surface area contributed by atoms with Crippen molar-refractivity contribution in [3.63, 3.8) is 0 Å². The van der Waals surface area contributed by atoms with E-state index in [9.17, 15) is 35.1 Å². The van der Waals surface area contributed by atoms with E-state index in [1.807, 2.05) is 72.5 Å². The van der Waals surface area contributed by atoms with E-state index < -0.39 is 47.4 Å². The summed E-state index contributed by atoms with van der Waals surface area (Å²) in [6.45, 7) is 19.5. The lowest BCUT2D eigenvalue weighted by molar-refractivity contribution is -0.0713. The van der Waals surface area contributed by atoms with Crippen LogP contribution in [0.5, 0.6) is 0 Å². The molecule has 1 aromatic carbocycles. The summed E-state index contributed by atoms with van der Waals surface area (Å²) in [6, 6.07) is 8.72. The van der Waals surface area contributed by atoms with Crippen LogP contribution in [0.4, 0.5) is 35.1 Å². The topological polar surface area (TPSA) is 276 Å². The largest absolute Gasteiger partial charge is 0.295 e. The number of fused-ring (bicyclic) bond motifs is 10.